The van der Waals surface area contributed by atoms with Crippen molar-refractivity contribution < 1.29 is 12.3 Å². The summed E-state index contributed by atoms with van der Waals surface area (Å²) in [4.78, 5) is 0. The summed E-state index contributed by atoms with van der Waals surface area (Å²) in [5, 5.41) is 5.92. The minimum absolute atomic E-state index is 0.0232. The summed E-state index contributed by atoms with van der Waals surface area (Å²) < 4.78 is 86.1. The van der Waals surface area contributed by atoms with Crippen LogP contribution in [-0.2, 0) is 0 Å². The van der Waals surface area contributed by atoms with Crippen LogP contribution in [0.3, 0.4) is 0 Å². The second kappa shape index (κ2) is 10.8. The maximum atomic E-state index is 9.51. The van der Waals surface area contributed by atoms with E-state index >= 15 is 0 Å². The molecule has 0 aliphatic carbocycles. The highest BCUT2D eigenvalue weighted by atomic mass is 15.1. The molecule has 0 N–H and O–H groups in total. The van der Waals surface area contributed by atoms with Gasteiger partial charge in [0.2, 0.25) is 0 Å². The fourth-order valence-electron chi connectivity index (χ4n) is 8.00. The van der Waals surface area contributed by atoms with Gasteiger partial charge in [0.15, 0.2) is 0 Å². The predicted molar refractivity (Wildman–Crippen MR) is 215 cm³/mol. The first-order chi connectivity index (χ1) is 29.1. The molecule has 3 heteroatoms. The van der Waals surface area contributed by atoms with E-state index in [1.165, 1.54) is 0 Å². The van der Waals surface area contributed by atoms with Crippen molar-refractivity contribution in [3.8, 4) is 28.2 Å². The van der Waals surface area contributed by atoms with Gasteiger partial charge in [0, 0.05) is 43.6 Å². The van der Waals surface area contributed by atoms with Gasteiger partial charge in [-0.1, -0.05) is 139 Å². The second-order valence-corrected chi connectivity index (χ2v) is 12.7. The van der Waals surface area contributed by atoms with Crippen LogP contribution in [0.25, 0.3) is 93.6 Å². The molecule has 0 unspecified atom stereocenters. The number of fused-ring (bicyclic) bond motifs is 9. The zero-order valence-corrected chi connectivity index (χ0v) is 27.0. The lowest BCUT2D eigenvalue weighted by atomic mass is 10.0. The van der Waals surface area contributed by atoms with E-state index in [9.17, 15) is 2.74 Å². The number of benzene rings is 8. The van der Waals surface area contributed by atoms with Crippen molar-refractivity contribution >= 4 is 65.4 Å². The number of aromatic nitrogens is 3. The van der Waals surface area contributed by atoms with Gasteiger partial charge in [-0.2, -0.15) is 0 Å². The molecule has 0 aliphatic heterocycles. The Morgan fingerprint density at radius 1 is 0.353 bits per heavy atom. The van der Waals surface area contributed by atoms with Gasteiger partial charge in [0.05, 0.1) is 56.8 Å². The first kappa shape index (κ1) is 20.6. The molecule has 0 fully saturated rings. The van der Waals surface area contributed by atoms with Gasteiger partial charge in [-0.3, -0.25) is 0 Å². The van der Waals surface area contributed by atoms with Crippen molar-refractivity contribution in [2.24, 2.45) is 0 Å². The van der Waals surface area contributed by atoms with Crippen LogP contribution in [0.15, 0.2) is 188 Å². The first-order valence-electron chi connectivity index (χ1n) is 21.3. The molecule has 0 amide bonds. The van der Waals surface area contributed by atoms with Crippen LogP contribution in [-0.4, -0.2) is 13.7 Å². The van der Waals surface area contributed by atoms with Crippen LogP contribution in [0, 0.1) is 0 Å². The van der Waals surface area contributed by atoms with Crippen LogP contribution in [0.4, 0.5) is 0 Å². The van der Waals surface area contributed by atoms with Crippen LogP contribution in [0.2, 0.25) is 0 Å². The summed E-state index contributed by atoms with van der Waals surface area (Å²) in [6.45, 7) is 0. The number of nitrogens with zero attached hydrogens (tertiary/aromatic N) is 3. The third-order valence-electron chi connectivity index (χ3n) is 10.1. The molecule has 3 heterocycles. The highest BCUT2D eigenvalue weighted by Crippen LogP contribution is 2.42. The molecule has 0 saturated heterocycles. The lowest BCUT2D eigenvalue weighted by molar-refractivity contribution is 1.13. The summed E-state index contributed by atoms with van der Waals surface area (Å²) in [6.07, 6.45) is 0. The Morgan fingerprint density at radius 3 is 1.53 bits per heavy atom. The van der Waals surface area contributed by atoms with E-state index in [2.05, 4.69) is 75.9 Å². The predicted octanol–water partition coefficient (Wildman–Crippen LogP) is 12.6. The summed E-state index contributed by atoms with van der Waals surface area (Å²) >= 11 is 0. The van der Waals surface area contributed by atoms with Crippen molar-refractivity contribution in [3.63, 3.8) is 0 Å². The van der Waals surface area contributed by atoms with Gasteiger partial charge < -0.3 is 13.7 Å². The highest BCUT2D eigenvalue weighted by molar-refractivity contribution is 6.16. The Kier molecular flexibility index (Phi) is 4.38. The average molecular weight is 659 g/mol. The molecule has 0 spiro atoms. The minimum Gasteiger partial charge on any atom is -0.309 e. The molecule has 3 aromatic heterocycles. The van der Waals surface area contributed by atoms with Crippen LogP contribution < -0.4 is 0 Å². The van der Waals surface area contributed by atoms with Crippen molar-refractivity contribution in [1.82, 2.24) is 13.7 Å². The van der Waals surface area contributed by atoms with Crippen molar-refractivity contribution in [3.05, 3.63) is 188 Å². The number of hydrogen-bond donors (Lipinski definition) is 0. The zero-order valence-electron chi connectivity index (χ0n) is 36.0. The molecule has 0 aliphatic rings. The molecular formula is C48H31N3. The third-order valence-corrected chi connectivity index (χ3v) is 10.1. The summed E-state index contributed by atoms with van der Waals surface area (Å²) in [7, 11) is 0. The molecule has 3 nitrogen and oxygen atoms in total. The molecule has 51 heavy (non-hydrogen) atoms. The molecule has 8 aromatic carbocycles. The Balaban J connectivity index is 1.31. The van der Waals surface area contributed by atoms with Gasteiger partial charge in [0.1, 0.15) is 0 Å². The maximum Gasteiger partial charge on any atom is 0.0782 e. The van der Waals surface area contributed by atoms with Gasteiger partial charge in [-0.25, -0.2) is 0 Å². The van der Waals surface area contributed by atoms with Gasteiger partial charge in [-0.15, -0.1) is 0 Å². The quantitative estimate of drug-likeness (QED) is 0.179. The Morgan fingerprint density at radius 2 is 0.863 bits per heavy atom. The molecule has 0 radical (unpaired) electrons. The molecule has 0 bridgehead atoms. The number of para-hydroxylation sites is 6. The monoisotopic (exact) mass is 658 g/mol. The average Bonchev–Trinajstić information content (AvgIpc) is 3.92. The molecule has 0 saturated carbocycles. The van der Waals surface area contributed by atoms with Gasteiger partial charge >= 0.3 is 0 Å². The summed E-state index contributed by atoms with van der Waals surface area (Å²) in [5.41, 5.74) is 6.34. The van der Waals surface area contributed by atoms with Gasteiger partial charge in [0.25, 0.3) is 0 Å². The van der Waals surface area contributed by atoms with E-state index in [1.807, 2.05) is 66.7 Å². The fraction of sp³-hybridized carbons (Fsp3) is 0. The largest absolute Gasteiger partial charge is 0.309 e. The lowest BCUT2D eigenvalue weighted by Crippen LogP contribution is -2.02. The highest BCUT2D eigenvalue weighted by Gasteiger charge is 2.22. The molecule has 11 rings (SSSR count). The van der Waals surface area contributed by atoms with Crippen molar-refractivity contribution in [2.45, 2.75) is 0 Å². The van der Waals surface area contributed by atoms with E-state index in [1.54, 1.807) is 4.57 Å². The van der Waals surface area contributed by atoms with E-state index < -0.39 is 54.4 Å². The normalized spacial score (nSPS) is 14.4. The van der Waals surface area contributed by atoms with Crippen LogP contribution >= 0.6 is 0 Å². The Bertz CT molecular complexity index is 3590. The topological polar surface area (TPSA) is 14.8 Å². The molecule has 11 aromatic rings. The standard InChI is InChI=1S/C48H31N3/c1-2-15-32(16-3-1)34-17-4-9-23-41(34)51-45-27-13-8-21-38(45)40-22-14-28-46(48(40)51)50-44-26-12-7-20-37(44)39-30-29-33(31-47(39)50)49-42-24-10-5-18-35(42)36-19-6-11-25-43(36)49/h1-31H/i1D,2D,3D,4D,9D,15D,16D,17D,23D. The van der Waals surface area contributed by atoms with Crippen LogP contribution in [0.1, 0.15) is 12.3 Å². The second-order valence-electron chi connectivity index (χ2n) is 12.7. The minimum atomic E-state index is -0.600. The Labute approximate surface area is 307 Å². The van der Waals surface area contributed by atoms with E-state index in [0.29, 0.717) is 16.7 Å². The smallest absolute Gasteiger partial charge is 0.0782 e. The lowest BCUT2D eigenvalue weighted by Gasteiger charge is -2.17. The van der Waals surface area contributed by atoms with Gasteiger partial charge in [-0.05, 0) is 54.1 Å². The van der Waals surface area contributed by atoms with E-state index in [0.717, 1.165) is 60.1 Å². The molecule has 0 atom stereocenters. The van der Waals surface area contributed by atoms with E-state index in [4.69, 9.17) is 9.60 Å². The molecule has 238 valence electrons. The fourth-order valence-corrected chi connectivity index (χ4v) is 8.00. The number of rotatable bonds is 4. The first-order valence-corrected chi connectivity index (χ1v) is 16.8. The maximum absolute atomic E-state index is 9.51. The van der Waals surface area contributed by atoms with Crippen LogP contribution in [0.5, 0.6) is 0 Å². The van der Waals surface area contributed by atoms with E-state index in [-0.39, 0.29) is 16.8 Å². The molecular weight excluding hydrogens is 619 g/mol. The zero-order chi connectivity index (χ0) is 41.3. The third kappa shape index (κ3) is 4.00. The summed E-state index contributed by atoms with van der Waals surface area (Å²) in [5.74, 6) is 0. The number of hydrogen-bond acceptors (Lipinski definition) is 0. The van der Waals surface area contributed by atoms with Crippen molar-refractivity contribution in [1.29, 1.82) is 0 Å². The SMILES string of the molecule is [2H]c1c([2H])c([2H])c(-c2c([2H])c([2H])c([2H])c([2H])c2-n2c3ccccc3c3cccc(-n4c5ccccc5c5ccc(-n6c7ccccc7c7ccccc76)cc54)c32)c([2H])c1[2H]. The Hall–Kier alpha value is -6.84. The van der Waals surface area contributed by atoms with Crippen molar-refractivity contribution in [2.75, 3.05) is 0 Å². The summed E-state index contributed by atoms with van der Waals surface area (Å²) in [6, 6.07) is 40.0.